The fourth-order valence-corrected chi connectivity index (χ4v) is 3.90. The lowest BCUT2D eigenvalue weighted by Gasteiger charge is -2.04. The van der Waals surface area contributed by atoms with Gasteiger partial charge in [-0.15, -0.1) is 0 Å². The predicted molar refractivity (Wildman–Crippen MR) is 153 cm³/mol. The number of hydrogen-bond donors (Lipinski definition) is 0. The molecule has 4 heteroatoms. The van der Waals surface area contributed by atoms with Crippen LogP contribution in [0.4, 0.5) is 11.4 Å². The van der Waals surface area contributed by atoms with Crippen molar-refractivity contribution in [1.82, 2.24) is 0 Å². The first kappa shape index (κ1) is 22.9. The third-order valence-electron chi connectivity index (χ3n) is 5.04. The Hall–Kier alpha value is -2.32. The summed E-state index contributed by atoms with van der Waals surface area (Å²) in [5, 5.41) is 0. The standard InChI is InChI=1S/C28H22I2N2/c29-25-11-3-23(4-12-25)19-31-27-15-7-21(8-16-27)1-2-22-9-17-28(18-10-22)32-20-24-5-13-26(30)14-6-24/h3-20H,1-2H2. The van der Waals surface area contributed by atoms with Crippen molar-refractivity contribution in [3.05, 3.63) is 126 Å². The zero-order valence-corrected chi connectivity index (χ0v) is 21.8. The van der Waals surface area contributed by atoms with Gasteiger partial charge in [0, 0.05) is 19.6 Å². The van der Waals surface area contributed by atoms with Crippen LogP contribution in [0.1, 0.15) is 22.3 Å². The molecule has 0 radical (unpaired) electrons. The van der Waals surface area contributed by atoms with Gasteiger partial charge in [-0.3, -0.25) is 9.98 Å². The molecule has 0 N–H and O–H groups in total. The molecule has 32 heavy (non-hydrogen) atoms. The average Bonchev–Trinajstić information content (AvgIpc) is 2.83. The lowest BCUT2D eigenvalue weighted by atomic mass is 10.0. The number of rotatable bonds is 7. The molecule has 0 aliphatic rings. The van der Waals surface area contributed by atoms with Crippen LogP contribution in [0.5, 0.6) is 0 Å². The molecule has 0 saturated carbocycles. The van der Waals surface area contributed by atoms with Gasteiger partial charge < -0.3 is 0 Å². The normalized spacial score (nSPS) is 11.4. The molecule has 0 aliphatic carbocycles. The molecule has 4 rings (SSSR count). The molecule has 4 aromatic rings. The number of halogens is 2. The van der Waals surface area contributed by atoms with E-state index in [-0.39, 0.29) is 0 Å². The maximum Gasteiger partial charge on any atom is 0.0630 e. The molecule has 4 aromatic carbocycles. The Balaban J connectivity index is 1.29. The smallest absolute Gasteiger partial charge is 0.0630 e. The summed E-state index contributed by atoms with van der Waals surface area (Å²) in [4.78, 5) is 9.16. The minimum atomic E-state index is 0.975. The first-order valence-electron chi connectivity index (χ1n) is 10.4. The summed E-state index contributed by atoms with van der Waals surface area (Å²) in [7, 11) is 0. The highest BCUT2D eigenvalue weighted by molar-refractivity contribution is 14.1. The Bertz CT molecular complexity index is 1090. The van der Waals surface area contributed by atoms with E-state index in [9.17, 15) is 0 Å². The molecule has 0 aliphatic heterocycles. The Morgan fingerprint density at radius 3 is 1.16 bits per heavy atom. The number of nitrogens with zero attached hydrogens (tertiary/aromatic N) is 2. The Morgan fingerprint density at radius 1 is 0.469 bits per heavy atom. The van der Waals surface area contributed by atoms with Gasteiger partial charge in [0.25, 0.3) is 0 Å². The fourth-order valence-electron chi connectivity index (χ4n) is 3.18. The number of hydrogen-bond acceptors (Lipinski definition) is 2. The van der Waals surface area contributed by atoms with Gasteiger partial charge >= 0.3 is 0 Å². The van der Waals surface area contributed by atoms with Crippen LogP contribution < -0.4 is 0 Å². The summed E-state index contributed by atoms with van der Waals surface area (Å²) in [5.74, 6) is 0. The van der Waals surface area contributed by atoms with E-state index in [2.05, 4.69) is 152 Å². The Morgan fingerprint density at radius 2 is 0.812 bits per heavy atom. The lowest BCUT2D eigenvalue weighted by Crippen LogP contribution is -1.90. The zero-order chi connectivity index (χ0) is 22.2. The summed E-state index contributed by atoms with van der Waals surface area (Å²) in [6.07, 6.45) is 5.83. The number of aryl methyl sites for hydroxylation is 2. The quantitative estimate of drug-likeness (QED) is 0.144. The van der Waals surface area contributed by atoms with Crippen LogP contribution in [0.2, 0.25) is 0 Å². The summed E-state index contributed by atoms with van der Waals surface area (Å²) < 4.78 is 2.46. The molecule has 0 atom stereocenters. The van der Waals surface area contributed by atoms with Crippen molar-refractivity contribution in [2.24, 2.45) is 9.98 Å². The molecule has 0 aromatic heterocycles. The second-order valence-corrected chi connectivity index (χ2v) is 9.94. The minimum absolute atomic E-state index is 0.975. The van der Waals surface area contributed by atoms with Crippen LogP contribution in [-0.2, 0) is 12.8 Å². The van der Waals surface area contributed by atoms with E-state index in [1.807, 2.05) is 12.4 Å². The second-order valence-electron chi connectivity index (χ2n) is 7.45. The van der Waals surface area contributed by atoms with Crippen molar-refractivity contribution in [3.8, 4) is 0 Å². The van der Waals surface area contributed by atoms with Crippen molar-refractivity contribution in [2.75, 3.05) is 0 Å². The van der Waals surface area contributed by atoms with Gasteiger partial charge in [0.1, 0.15) is 0 Å². The van der Waals surface area contributed by atoms with E-state index < -0.39 is 0 Å². The fraction of sp³-hybridized carbons (Fsp3) is 0.0714. The van der Waals surface area contributed by atoms with Crippen LogP contribution in [0.15, 0.2) is 107 Å². The van der Waals surface area contributed by atoms with Gasteiger partial charge in [0.15, 0.2) is 0 Å². The van der Waals surface area contributed by atoms with E-state index in [1.54, 1.807) is 0 Å². The highest BCUT2D eigenvalue weighted by atomic mass is 127. The summed E-state index contributed by atoms with van der Waals surface area (Å²) >= 11 is 4.62. The molecule has 0 spiro atoms. The molecule has 158 valence electrons. The van der Waals surface area contributed by atoms with Crippen molar-refractivity contribution in [2.45, 2.75) is 12.8 Å². The molecule has 2 nitrogen and oxygen atoms in total. The van der Waals surface area contributed by atoms with Gasteiger partial charge in [0.2, 0.25) is 0 Å². The molecule has 0 heterocycles. The Kier molecular flexibility index (Phi) is 8.23. The first-order valence-corrected chi connectivity index (χ1v) is 12.6. The zero-order valence-electron chi connectivity index (χ0n) is 17.5. The largest absolute Gasteiger partial charge is 0.256 e. The van der Waals surface area contributed by atoms with Crippen LogP contribution >= 0.6 is 45.2 Å². The van der Waals surface area contributed by atoms with Crippen LogP contribution in [0.3, 0.4) is 0 Å². The van der Waals surface area contributed by atoms with E-state index in [1.165, 1.54) is 18.3 Å². The average molecular weight is 640 g/mol. The van der Waals surface area contributed by atoms with Crippen LogP contribution in [0, 0.1) is 7.14 Å². The van der Waals surface area contributed by atoms with Gasteiger partial charge in [-0.2, -0.15) is 0 Å². The highest BCUT2D eigenvalue weighted by Crippen LogP contribution is 2.18. The number of benzene rings is 4. The topological polar surface area (TPSA) is 24.7 Å². The van der Waals surface area contributed by atoms with Gasteiger partial charge in [0.05, 0.1) is 11.4 Å². The molecule has 0 bridgehead atoms. The van der Waals surface area contributed by atoms with Crippen LogP contribution in [-0.4, -0.2) is 12.4 Å². The summed E-state index contributed by atoms with van der Waals surface area (Å²) in [6.45, 7) is 0. The molecule has 0 amide bonds. The first-order chi connectivity index (χ1) is 15.6. The van der Waals surface area contributed by atoms with Crippen molar-refractivity contribution >= 4 is 69.0 Å². The minimum Gasteiger partial charge on any atom is -0.256 e. The van der Waals surface area contributed by atoms with E-state index in [0.717, 1.165) is 35.3 Å². The van der Waals surface area contributed by atoms with Crippen LogP contribution in [0.25, 0.3) is 0 Å². The summed E-state index contributed by atoms with van der Waals surface area (Å²) in [6, 6.07) is 33.7. The maximum absolute atomic E-state index is 4.58. The van der Waals surface area contributed by atoms with Crippen molar-refractivity contribution in [3.63, 3.8) is 0 Å². The summed E-state index contributed by atoms with van der Waals surface area (Å²) in [5.41, 5.74) is 6.81. The highest BCUT2D eigenvalue weighted by Gasteiger charge is 1.98. The van der Waals surface area contributed by atoms with Gasteiger partial charge in [-0.05, 0) is 129 Å². The molecular weight excluding hydrogens is 618 g/mol. The second kappa shape index (κ2) is 11.5. The maximum atomic E-state index is 4.58. The third-order valence-corrected chi connectivity index (χ3v) is 6.48. The Labute approximate surface area is 216 Å². The van der Waals surface area contributed by atoms with E-state index >= 15 is 0 Å². The lowest BCUT2D eigenvalue weighted by molar-refractivity contribution is 0.960. The van der Waals surface area contributed by atoms with E-state index in [4.69, 9.17) is 0 Å². The molecular formula is C28H22I2N2. The predicted octanol–water partition coefficient (Wildman–Crippen LogP) is 8.18. The van der Waals surface area contributed by atoms with Gasteiger partial charge in [-0.25, -0.2) is 0 Å². The van der Waals surface area contributed by atoms with E-state index in [0.29, 0.717) is 0 Å². The monoisotopic (exact) mass is 640 g/mol. The molecule has 0 saturated heterocycles. The molecule has 0 unspecified atom stereocenters. The number of aliphatic imine (C=N–C) groups is 2. The van der Waals surface area contributed by atoms with Gasteiger partial charge in [-0.1, -0.05) is 48.5 Å². The van der Waals surface area contributed by atoms with Crippen molar-refractivity contribution < 1.29 is 0 Å². The van der Waals surface area contributed by atoms with Crippen molar-refractivity contribution in [1.29, 1.82) is 0 Å². The molecule has 0 fully saturated rings. The SMILES string of the molecule is Ic1ccc(C=Nc2ccc(CCc3ccc(N=Cc4ccc(I)cc4)cc3)cc2)cc1. The third kappa shape index (κ3) is 7.10.